The van der Waals surface area contributed by atoms with Crippen LogP contribution >= 0.6 is 11.8 Å². The largest absolute Gasteiger partial charge is 0.339 e. The van der Waals surface area contributed by atoms with Crippen molar-refractivity contribution in [2.75, 3.05) is 14.1 Å². The van der Waals surface area contributed by atoms with Gasteiger partial charge in [0.2, 0.25) is 0 Å². The summed E-state index contributed by atoms with van der Waals surface area (Å²) >= 11 is 1.30. The molecule has 15 heavy (non-hydrogen) atoms. The third kappa shape index (κ3) is 2.99. The van der Waals surface area contributed by atoms with E-state index in [2.05, 4.69) is 19.1 Å². The number of thioether (sulfide) groups is 1. The number of rotatable bonds is 1. The van der Waals surface area contributed by atoms with Crippen LogP contribution in [-0.2, 0) is 0 Å². The van der Waals surface area contributed by atoms with Gasteiger partial charge < -0.3 is 4.90 Å². The molecule has 0 aliphatic heterocycles. The summed E-state index contributed by atoms with van der Waals surface area (Å²) < 4.78 is 0. The number of hydrogen-bond donors (Lipinski definition) is 0. The minimum atomic E-state index is 0.0741. The van der Waals surface area contributed by atoms with Crippen LogP contribution in [0.4, 0.5) is 4.79 Å². The highest BCUT2D eigenvalue weighted by molar-refractivity contribution is 8.13. The minimum absolute atomic E-state index is 0.0741. The van der Waals surface area contributed by atoms with E-state index in [9.17, 15) is 4.79 Å². The topological polar surface area (TPSA) is 20.3 Å². The Morgan fingerprint density at radius 3 is 2.00 bits per heavy atom. The van der Waals surface area contributed by atoms with Gasteiger partial charge in [-0.2, -0.15) is 0 Å². The van der Waals surface area contributed by atoms with Crippen molar-refractivity contribution in [3.05, 3.63) is 28.8 Å². The molecule has 1 amide bonds. The molecule has 0 radical (unpaired) electrons. The normalized spacial score (nSPS) is 10.2. The smallest absolute Gasteiger partial charge is 0.285 e. The van der Waals surface area contributed by atoms with Crippen molar-refractivity contribution in [1.82, 2.24) is 4.90 Å². The minimum Gasteiger partial charge on any atom is -0.339 e. The Hall–Kier alpha value is -0.960. The van der Waals surface area contributed by atoms with E-state index in [4.69, 9.17) is 0 Å². The average molecular weight is 223 g/mol. The Morgan fingerprint density at radius 1 is 1.13 bits per heavy atom. The Bertz CT molecular complexity index is 362. The number of amides is 1. The first-order valence-corrected chi connectivity index (χ1v) is 5.70. The Balaban J connectivity index is 3.00. The van der Waals surface area contributed by atoms with Crippen LogP contribution in [0.2, 0.25) is 0 Å². The van der Waals surface area contributed by atoms with Gasteiger partial charge in [-0.25, -0.2) is 0 Å². The monoisotopic (exact) mass is 223 g/mol. The van der Waals surface area contributed by atoms with Crippen LogP contribution in [0.3, 0.4) is 0 Å². The summed E-state index contributed by atoms with van der Waals surface area (Å²) in [6.07, 6.45) is 0. The van der Waals surface area contributed by atoms with Crippen molar-refractivity contribution < 1.29 is 4.79 Å². The van der Waals surface area contributed by atoms with Gasteiger partial charge in [0, 0.05) is 19.0 Å². The molecule has 82 valence electrons. The average Bonchev–Trinajstić information content (AvgIpc) is 2.10. The Kier molecular flexibility index (Phi) is 3.80. The first-order valence-electron chi connectivity index (χ1n) is 4.89. The summed E-state index contributed by atoms with van der Waals surface area (Å²) in [4.78, 5) is 14.3. The highest BCUT2D eigenvalue weighted by Crippen LogP contribution is 2.28. The maximum atomic E-state index is 11.6. The van der Waals surface area contributed by atoms with Gasteiger partial charge in [-0.3, -0.25) is 4.79 Å². The van der Waals surface area contributed by atoms with Crippen LogP contribution in [-0.4, -0.2) is 24.2 Å². The molecule has 0 saturated carbocycles. The zero-order chi connectivity index (χ0) is 11.6. The molecule has 1 aromatic carbocycles. The first-order chi connectivity index (χ1) is 6.91. The molecular weight excluding hydrogens is 206 g/mol. The van der Waals surface area contributed by atoms with Crippen molar-refractivity contribution in [3.63, 3.8) is 0 Å². The number of hydrogen-bond acceptors (Lipinski definition) is 2. The molecule has 3 heteroatoms. The third-order valence-electron chi connectivity index (χ3n) is 2.16. The number of carbonyl (C=O) groups excluding carboxylic acids is 1. The maximum absolute atomic E-state index is 11.6. The van der Waals surface area contributed by atoms with Gasteiger partial charge in [0.05, 0.1) is 0 Å². The fourth-order valence-electron chi connectivity index (χ4n) is 1.51. The van der Waals surface area contributed by atoms with E-state index in [1.54, 1.807) is 19.0 Å². The van der Waals surface area contributed by atoms with E-state index < -0.39 is 0 Å². The second-order valence-corrected chi connectivity index (χ2v) is 4.95. The highest BCUT2D eigenvalue weighted by atomic mass is 32.2. The van der Waals surface area contributed by atoms with Gasteiger partial charge >= 0.3 is 0 Å². The van der Waals surface area contributed by atoms with Crippen LogP contribution in [0.15, 0.2) is 17.0 Å². The molecule has 0 spiro atoms. The number of benzene rings is 1. The molecular formula is C12H17NOS. The van der Waals surface area contributed by atoms with Gasteiger partial charge in [-0.15, -0.1) is 0 Å². The fraction of sp³-hybridized carbons (Fsp3) is 0.417. The predicted octanol–water partition coefficient (Wildman–Crippen LogP) is 3.39. The Labute approximate surface area is 95.7 Å². The molecule has 0 N–H and O–H groups in total. The lowest BCUT2D eigenvalue weighted by molar-refractivity contribution is 0.241. The summed E-state index contributed by atoms with van der Waals surface area (Å²) in [5.74, 6) is 0. The molecule has 0 atom stereocenters. The van der Waals surface area contributed by atoms with E-state index in [0.717, 1.165) is 4.90 Å². The molecule has 0 heterocycles. The molecule has 1 aromatic rings. The summed E-state index contributed by atoms with van der Waals surface area (Å²) in [5, 5.41) is 0.0741. The van der Waals surface area contributed by atoms with Gasteiger partial charge in [0.1, 0.15) is 0 Å². The molecule has 0 aromatic heterocycles. The zero-order valence-corrected chi connectivity index (χ0v) is 10.7. The second-order valence-electron chi connectivity index (χ2n) is 3.99. The molecule has 1 rings (SSSR count). The third-order valence-corrected chi connectivity index (χ3v) is 3.55. The van der Waals surface area contributed by atoms with Crippen molar-refractivity contribution >= 4 is 17.0 Å². The fourth-order valence-corrected chi connectivity index (χ4v) is 2.30. The second kappa shape index (κ2) is 4.71. The van der Waals surface area contributed by atoms with Crippen LogP contribution in [0, 0.1) is 20.8 Å². The van der Waals surface area contributed by atoms with Crippen LogP contribution in [0.1, 0.15) is 16.7 Å². The van der Waals surface area contributed by atoms with E-state index >= 15 is 0 Å². The van der Waals surface area contributed by atoms with Crippen molar-refractivity contribution in [2.45, 2.75) is 25.7 Å². The number of carbonyl (C=O) groups is 1. The zero-order valence-electron chi connectivity index (χ0n) is 9.92. The lowest BCUT2D eigenvalue weighted by Crippen LogP contribution is -2.16. The van der Waals surface area contributed by atoms with E-state index in [1.165, 1.54) is 28.5 Å². The molecule has 0 unspecified atom stereocenters. The Morgan fingerprint density at radius 2 is 1.60 bits per heavy atom. The summed E-state index contributed by atoms with van der Waals surface area (Å²) in [6, 6.07) is 4.22. The van der Waals surface area contributed by atoms with E-state index in [1.807, 2.05) is 13.8 Å². The van der Waals surface area contributed by atoms with Crippen LogP contribution in [0.25, 0.3) is 0 Å². The van der Waals surface area contributed by atoms with Crippen LogP contribution < -0.4 is 0 Å². The lowest BCUT2D eigenvalue weighted by Gasteiger charge is -2.13. The summed E-state index contributed by atoms with van der Waals surface area (Å²) in [7, 11) is 3.54. The maximum Gasteiger partial charge on any atom is 0.285 e. The molecule has 0 saturated heterocycles. The van der Waals surface area contributed by atoms with Crippen molar-refractivity contribution in [3.8, 4) is 0 Å². The number of nitrogens with zero attached hydrogens (tertiary/aromatic N) is 1. The molecule has 0 aliphatic rings. The summed E-state index contributed by atoms with van der Waals surface area (Å²) in [5.41, 5.74) is 3.59. The van der Waals surface area contributed by atoms with Crippen molar-refractivity contribution in [2.24, 2.45) is 0 Å². The number of aryl methyl sites for hydroxylation is 3. The van der Waals surface area contributed by atoms with Crippen LogP contribution in [0.5, 0.6) is 0 Å². The SMILES string of the molecule is Cc1cc(C)c(SC(=O)N(C)C)c(C)c1. The van der Waals surface area contributed by atoms with Gasteiger partial charge in [0.15, 0.2) is 0 Å². The molecule has 0 fully saturated rings. The van der Waals surface area contributed by atoms with E-state index in [-0.39, 0.29) is 5.24 Å². The standard InChI is InChI=1S/C12H17NOS/c1-8-6-9(2)11(10(3)7-8)15-12(14)13(4)5/h6-7H,1-5H3. The highest BCUT2D eigenvalue weighted by Gasteiger charge is 2.11. The molecule has 2 nitrogen and oxygen atoms in total. The summed E-state index contributed by atoms with van der Waals surface area (Å²) in [6.45, 7) is 6.17. The van der Waals surface area contributed by atoms with Gasteiger partial charge in [0.25, 0.3) is 5.24 Å². The molecule has 0 aliphatic carbocycles. The van der Waals surface area contributed by atoms with Gasteiger partial charge in [-0.05, 0) is 43.7 Å². The van der Waals surface area contributed by atoms with Gasteiger partial charge in [-0.1, -0.05) is 17.7 Å². The quantitative estimate of drug-likeness (QED) is 0.680. The first kappa shape index (κ1) is 12.1. The van der Waals surface area contributed by atoms with Crippen molar-refractivity contribution in [1.29, 1.82) is 0 Å². The predicted molar refractivity (Wildman–Crippen MR) is 65.6 cm³/mol. The molecule has 0 bridgehead atoms. The van der Waals surface area contributed by atoms with E-state index in [0.29, 0.717) is 0 Å². The lowest BCUT2D eigenvalue weighted by atomic mass is 10.1.